The number of fused-ring (bicyclic) bond motifs is 2. The molecular formula is C23H26N2O. The minimum absolute atomic E-state index is 0.466. The Morgan fingerprint density at radius 1 is 1.04 bits per heavy atom. The molecule has 26 heavy (non-hydrogen) atoms. The first-order valence-electron chi connectivity index (χ1n) is 9.30. The van der Waals surface area contributed by atoms with E-state index in [0.29, 0.717) is 11.8 Å². The molecule has 0 fully saturated rings. The molecule has 1 heterocycles. The second-order valence-electron chi connectivity index (χ2n) is 7.60. The lowest BCUT2D eigenvalue weighted by Crippen LogP contribution is -2.33. The smallest absolute Gasteiger partial charge is 0.119 e. The number of pyridine rings is 1. The Morgan fingerprint density at radius 3 is 2.69 bits per heavy atom. The highest BCUT2D eigenvalue weighted by atomic mass is 16.5. The van der Waals surface area contributed by atoms with Crippen LogP contribution in [0.15, 0.2) is 54.6 Å². The average Bonchev–Trinajstić information content (AvgIpc) is 2.65. The van der Waals surface area contributed by atoms with Crippen molar-refractivity contribution < 1.29 is 4.74 Å². The fraction of sp³-hybridized carbons (Fsp3) is 0.348. The predicted molar refractivity (Wildman–Crippen MR) is 107 cm³/mol. The third-order valence-corrected chi connectivity index (χ3v) is 5.48. The number of benzene rings is 2. The van der Waals surface area contributed by atoms with Gasteiger partial charge in [-0.2, -0.15) is 0 Å². The van der Waals surface area contributed by atoms with Gasteiger partial charge in [0.1, 0.15) is 5.75 Å². The molecule has 2 aromatic carbocycles. The monoisotopic (exact) mass is 346 g/mol. The van der Waals surface area contributed by atoms with Gasteiger partial charge in [-0.3, -0.25) is 4.98 Å². The molecule has 0 N–H and O–H groups in total. The van der Waals surface area contributed by atoms with E-state index in [1.165, 1.54) is 22.2 Å². The molecule has 1 aliphatic carbocycles. The van der Waals surface area contributed by atoms with Crippen molar-refractivity contribution in [3.63, 3.8) is 0 Å². The molecule has 4 rings (SSSR count). The van der Waals surface area contributed by atoms with Crippen LogP contribution in [0.3, 0.4) is 0 Å². The topological polar surface area (TPSA) is 25.4 Å². The van der Waals surface area contributed by atoms with Crippen molar-refractivity contribution in [3.05, 3.63) is 71.4 Å². The summed E-state index contributed by atoms with van der Waals surface area (Å²) in [6.07, 6.45) is 2.07. The molecule has 0 saturated heterocycles. The number of ether oxygens (including phenoxy) is 1. The minimum atomic E-state index is 0.466. The maximum absolute atomic E-state index is 5.46. The summed E-state index contributed by atoms with van der Waals surface area (Å²) in [5, 5.41) is 1.25. The number of nitrogens with zero attached hydrogens (tertiary/aromatic N) is 2. The Hall–Kier alpha value is -2.39. The number of rotatable bonds is 4. The molecule has 134 valence electrons. The maximum atomic E-state index is 5.46. The number of hydrogen-bond donors (Lipinski definition) is 0. The molecule has 0 unspecified atom stereocenters. The molecule has 0 spiro atoms. The predicted octanol–water partition coefficient (Wildman–Crippen LogP) is 4.30. The van der Waals surface area contributed by atoms with Gasteiger partial charge in [-0.05, 0) is 74.2 Å². The van der Waals surface area contributed by atoms with E-state index in [-0.39, 0.29) is 0 Å². The standard InChI is InChI=1S/C23H26N2O/c1-25(2)15-19-12-18-11-17-7-4-5-10-22(17)24-23(18)14-21(19)16-8-6-9-20(13-16)26-3/h4-11,13,19,21H,12,14-15H2,1-3H3/t19-,21+/m1/s1. The van der Waals surface area contributed by atoms with Gasteiger partial charge in [-0.15, -0.1) is 0 Å². The van der Waals surface area contributed by atoms with Crippen molar-refractivity contribution in [1.29, 1.82) is 0 Å². The van der Waals surface area contributed by atoms with E-state index in [9.17, 15) is 0 Å². The van der Waals surface area contributed by atoms with Gasteiger partial charge >= 0.3 is 0 Å². The number of methoxy groups -OCH3 is 1. The second kappa shape index (κ2) is 7.08. The quantitative estimate of drug-likeness (QED) is 0.704. The van der Waals surface area contributed by atoms with E-state index in [0.717, 1.165) is 30.7 Å². The minimum Gasteiger partial charge on any atom is -0.497 e. The van der Waals surface area contributed by atoms with Crippen LogP contribution in [0.4, 0.5) is 0 Å². The zero-order chi connectivity index (χ0) is 18.1. The fourth-order valence-electron chi connectivity index (χ4n) is 4.28. The third kappa shape index (κ3) is 3.32. The summed E-state index contributed by atoms with van der Waals surface area (Å²) in [5.41, 5.74) is 5.12. The Bertz CT molecular complexity index is 919. The van der Waals surface area contributed by atoms with E-state index < -0.39 is 0 Å². The number of para-hydroxylation sites is 1. The van der Waals surface area contributed by atoms with E-state index in [1.54, 1.807) is 7.11 Å². The Morgan fingerprint density at radius 2 is 1.88 bits per heavy atom. The van der Waals surface area contributed by atoms with Crippen LogP contribution in [-0.4, -0.2) is 37.6 Å². The highest BCUT2D eigenvalue weighted by Gasteiger charge is 2.31. The Labute approximate surface area is 155 Å². The SMILES string of the molecule is COc1cccc([C@@H]2Cc3nc4ccccc4cc3C[C@@H]2CN(C)C)c1. The van der Waals surface area contributed by atoms with Crippen LogP contribution in [0.1, 0.15) is 22.7 Å². The summed E-state index contributed by atoms with van der Waals surface area (Å²) < 4.78 is 5.46. The normalized spacial score (nSPS) is 19.5. The van der Waals surface area contributed by atoms with Crippen LogP contribution in [0, 0.1) is 5.92 Å². The zero-order valence-corrected chi connectivity index (χ0v) is 15.8. The van der Waals surface area contributed by atoms with Crippen molar-refractivity contribution in [2.45, 2.75) is 18.8 Å². The summed E-state index contributed by atoms with van der Waals surface area (Å²) in [6.45, 7) is 1.08. The summed E-state index contributed by atoms with van der Waals surface area (Å²) in [6, 6.07) is 19.3. The molecule has 1 aliphatic rings. The molecule has 3 aromatic rings. The largest absolute Gasteiger partial charge is 0.497 e. The fourth-order valence-corrected chi connectivity index (χ4v) is 4.28. The van der Waals surface area contributed by atoms with Gasteiger partial charge in [0.2, 0.25) is 0 Å². The maximum Gasteiger partial charge on any atom is 0.119 e. The van der Waals surface area contributed by atoms with Crippen molar-refractivity contribution in [2.75, 3.05) is 27.7 Å². The molecule has 1 aromatic heterocycles. The van der Waals surface area contributed by atoms with Gasteiger partial charge in [-0.1, -0.05) is 30.3 Å². The molecule has 3 nitrogen and oxygen atoms in total. The van der Waals surface area contributed by atoms with Crippen molar-refractivity contribution in [1.82, 2.24) is 9.88 Å². The lowest BCUT2D eigenvalue weighted by molar-refractivity contribution is 0.274. The van der Waals surface area contributed by atoms with Gasteiger partial charge in [0.05, 0.1) is 12.6 Å². The van der Waals surface area contributed by atoms with Crippen LogP contribution in [0.25, 0.3) is 10.9 Å². The molecule has 0 radical (unpaired) electrons. The van der Waals surface area contributed by atoms with Gasteiger partial charge in [0.15, 0.2) is 0 Å². The van der Waals surface area contributed by atoms with Gasteiger partial charge in [0.25, 0.3) is 0 Å². The van der Waals surface area contributed by atoms with Crippen LogP contribution in [-0.2, 0) is 12.8 Å². The lowest BCUT2D eigenvalue weighted by atomic mass is 9.74. The summed E-state index contributed by atoms with van der Waals surface area (Å²) in [5.74, 6) is 1.98. The van der Waals surface area contributed by atoms with Crippen LogP contribution < -0.4 is 4.74 Å². The van der Waals surface area contributed by atoms with Crippen LogP contribution >= 0.6 is 0 Å². The summed E-state index contributed by atoms with van der Waals surface area (Å²) >= 11 is 0. The second-order valence-corrected chi connectivity index (χ2v) is 7.60. The summed E-state index contributed by atoms with van der Waals surface area (Å²) in [7, 11) is 6.06. The third-order valence-electron chi connectivity index (χ3n) is 5.48. The van der Waals surface area contributed by atoms with E-state index in [2.05, 4.69) is 67.5 Å². The number of aromatic nitrogens is 1. The lowest BCUT2D eigenvalue weighted by Gasteiger charge is -2.35. The first-order chi connectivity index (χ1) is 12.6. The molecule has 0 bridgehead atoms. The molecule has 3 heteroatoms. The Balaban J connectivity index is 1.76. The van der Waals surface area contributed by atoms with Crippen molar-refractivity contribution in [2.24, 2.45) is 5.92 Å². The first kappa shape index (κ1) is 17.0. The first-order valence-corrected chi connectivity index (χ1v) is 9.30. The molecule has 0 amide bonds. The van der Waals surface area contributed by atoms with Gasteiger partial charge < -0.3 is 9.64 Å². The molecule has 0 aliphatic heterocycles. The average molecular weight is 346 g/mol. The van der Waals surface area contributed by atoms with E-state index >= 15 is 0 Å². The molecule has 2 atom stereocenters. The number of hydrogen-bond acceptors (Lipinski definition) is 3. The van der Waals surface area contributed by atoms with E-state index in [4.69, 9.17) is 9.72 Å². The highest BCUT2D eigenvalue weighted by molar-refractivity contribution is 5.79. The summed E-state index contributed by atoms with van der Waals surface area (Å²) in [4.78, 5) is 7.31. The molecule has 0 saturated carbocycles. The van der Waals surface area contributed by atoms with Gasteiger partial charge in [0, 0.05) is 17.6 Å². The van der Waals surface area contributed by atoms with Gasteiger partial charge in [-0.25, -0.2) is 0 Å². The molecular weight excluding hydrogens is 320 g/mol. The van der Waals surface area contributed by atoms with Crippen LogP contribution in [0.5, 0.6) is 5.75 Å². The van der Waals surface area contributed by atoms with Crippen molar-refractivity contribution >= 4 is 10.9 Å². The van der Waals surface area contributed by atoms with E-state index in [1.807, 2.05) is 6.07 Å². The zero-order valence-electron chi connectivity index (χ0n) is 15.8. The highest BCUT2D eigenvalue weighted by Crippen LogP contribution is 2.38. The van der Waals surface area contributed by atoms with Crippen molar-refractivity contribution in [3.8, 4) is 5.75 Å². The Kier molecular flexibility index (Phi) is 4.64. The van der Waals surface area contributed by atoms with Crippen LogP contribution in [0.2, 0.25) is 0 Å².